The van der Waals surface area contributed by atoms with Crippen LogP contribution >= 0.6 is 0 Å². The van der Waals surface area contributed by atoms with Crippen LogP contribution in [0.1, 0.15) is 386 Å². The fraction of sp³-hybridized carbons (Fsp3) is 0.984. The number of hydrogen-bond donors (Lipinski definition) is 0. The van der Waals surface area contributed by atoms with E-state index in [4.69, 9.17) is 0 Å². The zero-order valence-electron chi connectivity index (χ0n) is 44.0. The van der Waals surface area contributed by atoms with Crippen molar-refractivity contribution in [2.24, 2.45) is 0 Å². The summed E-state index contributed by atoms with van der Waals surface area (Å²) in [6.45, 7) is 4.63. The van der Waals surface area contributed by atoms with Gasteiger partial charge in [-0.05, 0) is 0 Å². The van der Waals surface area contributed by atoms with Crippen molar-refractivity contribution in [3.05, 3.63) is 0 Å². The van der Waals surface area contributed by atoms with Crippen molar-refractivity contribution in [2.75, 3.05) is 0 Å². The van der Waals surface area contributed by atoms with E-state index >= 15 is 0 Å². The third-order valence-electron chi connectivity index (χ3n) is 14.7. The summed E-state index contributed by atoms with van der Waals surface area (Å²) < 4.78 is 1.88. The Balaban J connectivity index is 3.14. The summed E-state index contributed by atoms with van der Waals surface area (Å²) >= 11 is 1.73. The van der Waals surface area contributed by atoms with Gasteiger partial charge in [0.25, 0.3) is 0 Å². The molecule has 0 saturated carbocycles. The topological polar surface area (TPSA) is 0 Å². The van der Waals surface area contributed by atoms with Crippen molar-refractivity contribution >= 4 is 3.21 Å². The maximum atomic E-state index is 2.31. The predicted molar refractivity (Wildman–Crippen MR) is 284 cm³/mol. The van der Waals surface area contributed by atoms with Crippen LogP contribution in [-0.4, -0.2) is 3.21 Å². The third kappa shape index (κ3) is 58.8. The van der Waals surface area contributed by atoms with E-state index in [2.05, 4.69) is 13.8 Å². The zero-order chi connectivity index (χ0) is 44.6. The number of rotatable bonds is 58. The average Bonchev–Trinajstić information content (AvgIpc) is 3.28. The molecule has 0 aromatic rings. The quantitative estimate of drug-likeness (QED) is 0.0533. The molecule has 0 nitrogen and oxygen atoms in total. The molecule has 0 aromatic carbocycles. The third-order valence-corrected chi connectivity index (χ3v) is 15.9. The minimum atomic E-state index is 1.37. The molecule has 0 rings (SSSR count). The Bertz CT molecular complexity index is 709. The van der Waals surface area contributed by atoms with Crippen LogP contribution < -0.4 is 0 Å². The van der Waals surface area contributed by atoms with E-state index < -0.39 is 0 Å². The van der Waals surface area contributed by atoms with E-state index in [0.717, 1.165) is 0 Å². The van der Waals surface area contributed by atoms with Crippen LogP contribution in [0.4, 0.5) is 0 Å². The van der Waals surface area contributed by atoms with Crippen molar-refractivity contribution in [3.8, 4) is 0 Å². The van der Waals surface area contributed by atoms with Crippen molar-refractivity contribution in [1.82, 2.24) is 0 Å². The van der Waals surface area contributed by atoms with Gasteiger partial charge in [0, 0.05) is 0 Å². The van der Waals surface area contributed by atoms with Gasteiger partial charge in [0.15, 0.2) is 0 Å². The molecule has 0 bridgehead atoms. The molecule has 0 amide bonds. The Morgan fingerprint density at radius 3 is 0.371 bits per heavy atom. The number of hydrogen-bond acceptors (Lipinski definition) is 0. The Labute approximate surface area is 411 Å². The Morgan fingerprint density at radius 1 is 0.161 bits per heavy atom. The van der Waals surface area contributed by atoms with Crippen LogP contribution in [0.15, 0.2) is 0 Å². The van der Waals surface area contributed by atoms with Gasteiger partial charge in [-0.15, -0.1) is 0 Å². The average molecular weight is 947 g/mol. The SMILES string of the molecule is CCCCCCCCCCCCCCCCCCCCCCCCCCCCCC[C](=[Zr+2])CCCCCCCCCCCCCCCCCCCCCCCCCCCCCC. The standard InChI is InChI=1S/C61H122.Zr/c1-3-5-7-9-11-13-15-17-19-21-23-25-27-29-31-33-35-37-39-41-43-45-47-49-51-53-55-57-59-61-60-58-56-54-52-50-48-46-44-42-40-38-36-34-32-30-28-26-24-22-20-18-16-14-12-10-8-6-4-2;/h3-60H2,1-2H3;/q;+2. The van der Waals surface area contributed by atoms with E-state index in [9.17, 15) is 0 Å². The van der Waals surface area contributed by atoms with Crippen LogP contribution in [0.25, 0.3) is 0 Å². The second kappa shape index (κ2) is 59.8. The van der Waals surface area contributed by atoms with Crippen molar-refractivity contribution < 1.29 is 24.2 Å². The molecule has 0 spiro atoms. The molecule has 0 unspecified atom stereocenters. The zero-order valence-corrected chi connectivity index (χ0v) is 46.5. The van der Waals surface area contributed by atoms with Gasteiger partial charge >= 0.3 is 169 Å². The van der Waals surface area contributed by atoms with Crippen molar-refractivity contribution in [1.29, 1.82) is 0 Å². The van der Waals surface area contributed by atoms with Gasteiger partial charge < -0.3 is 0 Å². The fourth-order valence-corrected chi connectivity index (χ4v) is 11.0. The Morgan fingerprint density at radius 2 is 0.258 bits per heavy atom. The van der Waals surface area contributed by atoms with Crippen LogP contribution in [0.3, 0.4) is 0 Å². The van der Waals surface area contributed by atoms with Gasteiger partial charge in [-0.3, -0.25) is 0 Å². The van der Waals surface area contributed by atoms with E-state index in [1.54, 1.807) is 24.2 Å². The van der Waals surface area contributed by atoms with E-state index in [1.807, 2.05) is 3.21 Å². The molecule has 0 aliphatic heterocycles. The smallest absolute Gasteiger partial charge is 0.0654 e. The Hall–Kier alpha value is 0.753. The van der Waals surface area contributed by atoms with Crippen LogP contribution in [-0.2, 0) is 24.2 Å². The molecule has 0 heterocycles. The van der Waals surface area contributed by atoms with Gasteiger partial charge in [-0.1, -0.05) is 245 Å². The van der Waals surface area contributed by atoms with Gasteiger partial charge in [0.05, 0.1) is 0 Å². The van der Waals surface area contributed by atoms with Crippen LogP contribution in [0, 0.1) is 0 Å². The van der Waals surface area contributed by atoms with E-state index in [-0.39, 0.29) is 0 Å². The molecule has 0 saturated heterocycles. The minimum absolute atomic E-state index is 1.37. The normalized spacial score (nSPS) is 11.7. The molecule has 1 heteroatoms. The maximum absolute atomic E-state index is 2.31. The van der Waals surface area contributed by atoms with Gasteiger partial charge in [0.1, 0.15) is 0 Å². The molecule has 0 N–H and O–H groups in total. The molecule has 0 fully saturated rings. The minimum Gasteiger partial charge on any atom is -0.0654 e. The van der Waals surface area contributed by atoms with Crippen molar-refractivity contribution in [3.63, 3.8) is 0 Å². The first kappa shape index (κ1) is 62.8. The molecule has 0 atom stereocenters. The molecule has 368 valence electrons. The van der Waals surface area contributed by atoms with Gasteiger partial charge in [-0.25, -0.2) is 0 Å². The second-order valence-corrected chi connectivity index (χ2v) is 22.9. The first-order chi connectivity index (χ1) is 30.8. The molecule has 62 heavy (non-hydrogen) atoms. The van der Waals surface area contributed by atoms with Gasteiger partial charge in [-0.2, -0.15) is 0 Å². The first-order valence-electron chi connectivity index (χ1n) is 30.4. The van der Waals surface area contributed by atoms with Gasteiger partial charge in [0.2, 0.25) is 0 Å². The molecule has 0 radical (unpaired) electrons. The molecule has 0 aliphatic rings. The number of unbranched alkanes of at least 4 members (excludes halogenated alkanes) is 54. The van der Waals surface area contributed by atoms with Crippen LogP contribution in [0.2, 0.25) is 0 Å². The summed E-state index contributed by atoms with van der Waals surface area (Å²) in [4.78, 5) is 0. The monoisotopic (exact) mass is 945 g/mol. The van der Waals surface area contributed by atoms with Crippen molar-refractivity contribution in [2.45, 2.75) is 386 Å². The van der Waals surface area contributed by atoms with E-state index in [1.165, 1.54) is 372 Å². The molecular weight excluding hydrogens is 824 g/mol. The van der Waals surface area contributed by atoms with E-state index in [0.29, 0.717) is 0 Å². The summed E-state index contributed by atoms with van der Waals surface area (Å²) in [5.74, 6) is 0. The fourth-order valence-electron chi connectivity index (χ4n) is 10.1. The molecule has 0 aliphatic carbocycles. The molecular formula is C61H122Zr+2. The predicted octanol–water partition coefficient (Wildman–Crippen LogP) is 23.4. The summed E-state index contributed by atoms with van der Waals surface area (Å²) in [5, 5.41) is 0. The summed E-state index contributed by atoms with van der Waals surface area (Å²) in [6, 6.07) is 0. The Kier molecular flexibility index (Phi) is 60.5. The molecule has 0 aromatic heterocycles. The second-order valence-electron chi connectivity index (χ2n) is 21.2. The summed E-state index contributed by atoms with van der Waals surface area (Å²) in [6.07, 6.45) is 86.1. The first-order valence-corrected chi connectivity index (χ1v) is 31.6. The van der Waals surface area contributed by atoms with Crippen LogP contribution in [0.5, 0.6) is 0 Å². The summed E-state index contributed by atoms with van der Waals surface area (Å²) in [5.41, 5.74) is 0. The summed E-state index contributed by atoms with van der Waals surface area (Å²) in [7, 11) is 0.